The minimum Gasteiger partial charge on any atom is -0.356 e. The first-order valence-electron chi connectivity index (χ1n) is 13.0. The Balaban J connectivity index is 0.00000294. The Hall–Kier alpha value is -3.81. The zero-order chi connectivity index (χ0) is 25.0. The summed E-state index contributed by atoms with van der Waals surface area (Å²) in [6, 6.07) is 30.5. The van der Waals surface area contributed by atoms with Crippen molar-refractivity contribution < 1.29 is 0 Å². The number of halogens is 1. The van der Waals surface area contributed by atoms with Crippen molar-refractivity contribution in [2.24, 2.45) is 5.92 Å². The lowest BCUT2D eigenvalue weighted by molar-refractivity contribution is 0.324. The van der Waals surface area contributed by atoms with E-state index in [9.17, 15) is 0 Å². The van der Waals surface area contributed by atoms with Gasteiger partial charge in [0.15, 0.2) is 0 Å². The highest BCUT2D eigenvalue weighted by atomic mass is 35.5. The second-order valence-corrected chi connectivity index (χ2v) is 9.85. The molecule has 1 fully saturated rings. The van der Waals surface area contributed by atoms with Crippen molar-refractivity contribution in [1.29, 1.82) is 0 Å². The molecule has 0 amide bonds. The predicted octanol–water partition coefficient (Wildman–Crippen LogP) is 5.80. The standard InChI is InChI=1S/C30H31N7.ClH/c1-21(26-13-7-11-22-10-5-6-12-27(22)26)31-18-24-16-17-37(20-28(24)23-8-3-2-4-9-23)29-15-14-25(19-32-29)30-33-35-36-34-30;/h2-15,19,21,24,28,31H,16-18,20H2,1H3,(H,33,34,35,36);1H/t21-,24?,28?;/m1./s1. The number of hydrogen-bond acceptors (Lipinski definition) is 6. The number of nitrogens with zero attached hydrogens (tertiary/aromatic N) is 5. The molecule has 0 aliphatic carbocycles. The van der Waals surface area contributed by atoms with Crippen LogP contribution in [0, 0.1) is 5.92 Å². The molecule has 1 aliphatic heterocycles. The monoisotopic (exact) mass is 525 g/mol. The molecule has 1 saturated heterocycles. The topological polar surface area (TPSA) is 82.6 Å². The molecule has 38 heavy (non-hydrogen) atoms. The second-order valence-electron chi connectivity index (χ2n) is 9.85. The summed E-state index contributed by atoms with van der Waals surface area (Å²) in [6.07, 6.45) is 2.93. The largest absolute Gasteiger partial charge is 0.356 e. The highest BCUT2D eigenvalue weighted by Gasteiger charge is 2.31. The second kappa shape index (κ2) is 11.7. The van der Waals surface area contributed by atoms with Crippen LogP contribution in [0.5, 0.6) is 0 Å². The number of H-pyrrole nitrogens is 1. The molecule has 2 unspecified atom stereocenters. The maximum atomic E-state index is 4.74. The van der Waals surface area contributed by atoms with Gasteiger partial charge in [-0.3, -0.25) is 0 Å². The number of piperidine rings is 1. The van der Waals surface area contributed by atoms with Crippen molar-refractivity contribution in [2.45, 2.75) is 25.3 Å². The minimum atomic E-state index is 0. The number of tetrazole rings is 1. The molecular weight excluding hydrogens is 494 g/mol. The molecule has 2 N–H and O–H groups in total. The smallest absolute Gasteiger partial charge is 0.206 e. The Kier molecular flexibility index (Phi) is 7.96. The Morgan fingerprint density at radius 3 is 2.58 bits per heavy atom. The fourth-order valence-corrected chi connectivity index (χ4v) is 5.59. The number of rotatable bonds is 7. The molecule has 194 valence electrons. The van der Waals surface area contributed by atoms with Crippen molar-refractivity contribution in [2.75, 3.05) is 24.5 Å². The summed E-state index contributed by atoms with van der Waals surface area (Å²) in [5, 5.41) is 20.8. The van der Waals surface area contributed by atoms with Gasteiger partial charge in [0.25, 0.3) is 0 Å². The van der Waals surface area contributed by atoms with Crippen LogP contribution in [0.3, 0.4) is 0 Å². The molecule has 5 aromatic rings. The van der Waals surface area contributed by atoms with Crippen molar-refractivity contribution in [3.63, 3.8) is 0 Å². The molecule has 6 rings (SSSR count). The average Bonchev–Trinajstić information content (AvgIpc) is 3.51. The van der Waals surface area contributed by atoms with Gasteiger partial charge in [0.05, 0.1) is 0 Å². The Bertz CT molecular complexity index is 1440. The Morgan fingerprint density at radius 1 is 0.974 bits per heavy atom. The average molecular weight is 526 g/mol. The van der Waals surface area contributed by atoms with Gasteiger partial charge in [-0.05, 0) is 65.1 Å². The number of anilines is 1. The van der Waals surface area contributed by atoms with E-state index in [2.05, 4.69) is 117 Å². The molecule has 1 aliphatic rings. The Morgan fingerprint density at radius 2 is 1.79 bits per heavy atom. The lowest BCUT2D eigenvalue weighted by atomic mass is 9.80. The van der Waals surface area contributed by atoms with Gasteiger partial charge in [-0.2, -0.15) is 5.21 Å². The summed E-state index contributed by atoms with van der Waals surface area (Å²) >= 11 is 0. The molecule has 0 bridgehead atoms. The molecule has 7 nitrogen and oxygen atoms in total. The number of aromatic amines is 1. The summed E-state index contributed by atoms with van der Waals surface area (Å²) in [4.78, 5) is 7.15. The van der Waals surface area contributed by atoms with E-state index in [0.29, 0.717) is 17.7 Å². The number of pyridine rings is 1. The van der Waals surface area contributed by atoms with E-state index < -0.39 is 0 Å². The Labute approximate surface area is 229 Å². The molecular formula is C30H32ClN7. The molecule has 3 aromatic carbocycles. The number of hydrogen-bond donors (Lipinski definition) is 2. The van der Waals surface area contributed by atoms with E-state index in [1.165, 1.54) is 21.9 Å². The molecule has 2 aromatic heterocycles. The van der Waals surface area contributed by atoms with E-state index in [0.717, 1.165) is 37.4 Å². The zero-order valence-corrected chi connectivity index (χ0v) is 22.2. The first-order chi connectivity index (χ1) is 18.3. The molecule has 3 heterocycles. The molecule has 0 radical (unpaired) electrons. The van der Waals surface area contributed by atoms with Gasteiger partial charge in [-0.15, -0.1) is 22.6 Å². The number of benzene rings is 3. The molecule has 3 atom stereocenters. The quantitative estimate of drug-likeness (QED) is 0.279. The van der Waals surface area contributed by atoms with E-state index in [1.807, 2.05) is 12.3 Å². The lowest BCUT2D eigenvalue weighted by Gasteiger charge is -2.40. The normalized spacial score (nSPS) is 18.2. The summed E-state index contributed by atoms with van der Waals surface area (Å²) < 4.78 is 0. The predicted molar refractivity (Wildman–Crippen MR) is 155 cm³/mol. The molecule has 8 heteroatoms. The fraction of sp³-hybridized carbons (Fsp3) is 0.267. The third-order valence-electron chi connectivity index (χ3n) is 7.64. The fourth-order valence-electron chi connectivity index (χ4n) is 5.59. The number of fused-ring (bicyclic) bond motifs is 1. The maximum Gasteiger partial charge on any atom is 0.206 e. The van der Waals surface area contributed by atoms with Gasteiger partial charge < -0.3 is 10.2 Å². The zero-order valence-electron chi connectivity index (χ0n) is 21.4. The van der Waals surface area contributed by atoms with E-state index in [-0.39, 0.29) is 18.4 Å². The van der Waals surface area contributed by atoms with Crippen molar-refractivity contribution >= 4 is 29.0 Å². The van der Waals surface area contributed by atoms with E-state index in [4.69, 9.17) is 4.98 Å². The third kappa shape index (κ3) is 5.39. The van der Waals surface area contributed by atoms with Crippen molar-refractivity contribution in [3.8, 4) is 11.4 Å². The SMILES string of the molecule is C[C@@H](NCC1CCN(c2ccc(-c3nn[nH]n3)cn2)CC1c1ccccc1)c1cccc2ccccc12.Cl. The summed E-state index contributed by atoms with van der Waals surface area (Å²) in [6.45, 7) is 5.17. The summed E-state index contributed by atoms with van der Waals surface area (Å²) in [5.74, 6) is 2.51. The summed E-state index contributed by atoms with van der Waals surface area (Å²) in [7, 11) is 0. The van der Waals surface area contributed by atoms with Crippen LogP contribution in [0.25, 0.3) is 22.2 Å². The van der Waals surface area contributed by atoms with E-state index >= 15 is 0 Å². The van der Waals surface area contributed by atoms with Gasteiger partial charge in [0, 0.05) is 36.8 Å². The number of nitrogens with one attached hydrogen (secondary N) is 2. The van der Waals surface area contributed by atoms with Crippen LogP contribution in [0.2, 0.25) is 0 Å². The first kappa shape index (κ1) is 25.8. The highest BCUT2D eigenvalue weighted by Crippen LogP contribution is 2.35. The summed E-state index contributed by atoms with van der Waals surface area (Å²) in [5.41, 5.74) is 3.61. The van der Waals surface area contributed by atoms with Crippen LogP contribution in [0.4, 0.5) is 5.82 Å². The van der Waals surface area contributed by atoms with Crippen LogP contribution in [0.1, 0.15) is 36.4 Å². The van der Waals surface area contributed by atoms with Gasteiger partial charge in [-0.1, -0.05) is 72.8 Å². The lowest BCUT2D eigenvalue weighted by Crippen LogP contribution is -2.43. The van der Waals surface area contributed by atoms with Gasteiger partial charge in [-0.25, -0.2) is 4.98 Å². The maximum absolute atomic E-state index is 4.74. The highest BCUT2D eigenvalue weighted by molar-refractivity contribution is 5.86. The van der Waals surface area contributed by atoms with Crippen LogP contribution in [-0.4, -0.2) is 45.2 Å². The van der Waals surface area contributed by atoms with Crippen LogP contribution in [0.15, 0.2) is 91.1 Å². The van der Waals surface area contributed by atoms with Crippen LogP contribution >= 0.6 is 12.4 Å². The van der Waals surface area contributed by atoms with Crippen LogP contribution < -0.4 is 10.2 Å². The third-order valence-corrected chi connectivity index (χ3v) is 7.64. The number of aromatic nitrogens is 5. The van der Waals surface area contributed by atoms with Crippen LogP contribution in [-0.2, 0) is 0 Å². The first-order valence-corrected chi connectivity index (χ1v) is 13.0. The van der Waals surface area contributed by atoms with Gasteiger partial charge in [0.2, 0.25) is 5.82 Å². The van der Waals surface area contributed by atoms with Crippen molar-refractivity contribution in [3.05, 3.63) is 102 Å². The molecule has 0 spiro atoms. The minimum absolute atomic E-state index is 0. The molecule has 0 saturated carbocycles. The van der Waals surface area contributed by atoms with Gasteiger partial charge >= 0.3 is 0 Å². The van der Waals surface area contributed by atoms with E-state index in [1.54, 1.807) is 0 Å². The van der Waals surface area contributed by atoms with Crippen molar-refractivity contribution in [1.82, 2.24) is 30.9 Å². The van der Waals surface area contributed by atoms with Gasteiger partial charge in [0.1, 0.15) is 5.82 Å².